The zero-order chi connectivity index (χ0) is 19.4. The maximum Gasteiger partial charge on any atom is 0.257 e. The molecule has 0 saturated carbocycles. The van der Waals surface area contributed by atoms with Crippen LogP contribution in [0.1, 0.15) is 23.2 Å². The monoisotopic (exact) mass is 387 g/mol. The van der Waals surface area contributed by atoms with Gasteiger partial charge in [-0.25, -0.2) is 0 Å². The number of piperidine rings is 1. The number of nitrogens with one attached hydrogen (secondary N) is 1. The van der Waals surface area contributed by atoms with Crippen LogP contribution in [0.5, 0.6) is 5.75 Å². The summed E-state index contributed by atoms with van der Waals surface area (Å²) in [5.74, 6) is 0.0917. The third kappa shape index (κ3) is 4.34. The molecular formula is C20H22ClN3O3. The number of rotatable bonds is 4. The van der Waals surface area contributed by atoms with E-state index >= 15 is 0 Å². The molecule has 2 aromatic rings. The Labute approximate surface area is 163 Å². The molecule has 3 rings (SSSR count). The average molecular weight is 388 g/mol. The van der Waals surface area contributed by atoms with Crippen LogP contribution in [-0.4, -0.2) is 36.9 Å². The van der Waals surface area contributed by atoms with Gasteiger partial charge in [0.1, 0.15) is 5.75 Å². The number of methoxy groups -OCH3 is 1. The molecule has 1 fully saturated rings. The van der Waals surface area contributed by atoms with Crippen molar-refractivity contribution >= 4 is 34.8 Å². The van der Waals surface area contributed by atoms with E-state index in [0.29, 0.717) is 48.0 Å². The Balaban J connectivity index is 1.63. The van der Waals surface area contributed by atoms with E-state index in [9.17, 15) is 9.59 Å². The lowest BCUT2D eigenvalue weighted by molar-refractivity contribution is -0.121. The van der Waals surface area contributed by atoms with Crippen LogP contribution >= 0.6 is 11.6 Å². The summed E-state index contributed by atoms with van der Waals surface area (Å²) in [7, 11) is 1.49. The highest BCUT2D eigenvalue weighted by Crippen LogP contribution is 2.31. The molecule has 1 saturated heterocycles. The Morgan fingerprint density at radius 2 is 1.85 bits per heavy atom. The molecule has 1 aliphatic heterocycles. The molecule has 0 atom stereocenters. The number of amides is 2. The molecule has 0 spiro atoms. The van der Waals surface area contributed by atoms with E-state index < -0.39 is 0 Å². The maximum absolute atomic E-state index is 12.9. The predicted octanol–water partition coefficient (Wildman–Crippen LogP) is 3.42. The smallest absolute Gasteiger partial charge is 0.257 e. The van der Waals surface area contributed by atoms with Crippen molar-refractivity contribution in [2.45, 2.75) is 12.8 Å². The quantitative estimate of drug-likeness (QED) is 0.787. The summed E-state index contributed by atoms with van der Waals surface area (Å²) in [4.78, 5) is 27.0. The molecule has 6 nitrogen and oxygen atoms in total. The third-order valence-electron chi connectivity index (χ3n) is 4.74. The molecule has 27 heavy (non-hydrogen) atoms. The largest absolute Gasteiger partial charge is 0.496 e. The Morgan fingerprint density at radius 1 is 1.19 bits per heavy atom. The number of carbonyl (C=O) groups excluding carboxylic acids is 2. The first-order chi connectivity index (χ1) is 13.0. The van der Waals surface area contributed by atoms with E-state index in [0.717, 1.165) is 5.69 Å². The van der Waals surface area contributed by atoms with E-state index in [1.165, 1.54) is 13.2 Å². The fourth-order valence-corrected chi connectivity index (χ4v) is 3.35. The molecule has 0 bridgehead atoms. The number of hydrogen-bond donors (Lipinski definition) is 2. The van der Waals surface area contributed by atoms with E-state index in [1.807, 2.05) is 30.3 Å². The Morgan fingerprint density at radius 3 is 2.48 bits per heavy atom. The normalized spacial score (nSPS) is 14.7. The van der Waals surface area contributed by atoms with Crippen molar-refractivity contribution in [1.29, 1.82) is 0 Å². The number of likely N-dealkylation sites (tertiary alicyclic amines) is 1. The topological polar surface area (TPSA) is 84.7 Å². The van der Waals surface area contributed by atoms with Crippen LogP contribution in [0.3, 0.4) is 0 Å². The molecule has 1 heterocycles. The summed E-state index contributed by atoms with van der Waals surface area (Å²) in [6.45, 7) is 0.994. The van der Waals surface area contributed by atoms with Gasteiger partial charge in [-0.05, 0) is 31.0 Å². The number of nitrogen functional groups attached to an aromatic ring is 1. The summed E-state index contributed by atoms with van der Waals surface area (Å²) in [5.41, 5.74) is 7.30. The minimum absolute atomic E-state index is 0.0126. The van der Waals surface area contributed by atoms with Gasteiger partial charge in [0.25, 0.3) is 5.91 Å². The highest BCUT2D eigenvalue weighted by molar-refractivity contribution is 6.33. The number of carbonyl (C=O) groups is 2. The molecule has 0 radical (unpaired) electrons. The molecule has 142 valence electrons. The number of benzene rings is 2. The highest BCUT2D eigenvalue weighted by atomic mass is 35.5. The van der Waals surface area contributed by atoms with Crippen molar-refractivity contribution in [2.24, 2.45) is 5.92 Å². The van der Waals surface area contributed by atoms with Crippen LogP contribution in [0, 0.1) is 5.92 Å². The molecule has 0 aliphatic carbocycles. The van der Waals surface area contributed by atoms with Gasteiger partial charge in [-0.2, -0.15) is 0 Å². The molecule has 1 aliphatic rings. The summed E-state index contributed by atoms with van der Waals surface area (Å²) in [6.07, 6.45) is 1.21. The van der Waals surface area contributed by atoms with Crippen LogP contribution in [0.25, 0.3) is 0 Å². The van der Waals surface area contributed by atoms with Crippen molar-refractivity contribution in [3.63, 3.8) is 0 Å². The van der Waals surface area contributed by atoms with Gasteiger partial charge in [0.2, 0.25) is 5.91 Å². The number of anilines is 2. The SMILES string of the molecule is COc1cc(N)c(Cl)cc1C(=O)N1CCC(C(=O)Nc2ccccc2)CC1. The average Bonchev–Trinajstić information content (AvgIpc) is 2.70. The second-order valence-electron chi connectivity index (χ2n) is 6.50. The zero-order valence-corrected chi connectivity index (χ0v) is 15.8. The lowest BCUT2D eigenvalue weighted by atomic mass is 9.95. The summed E-state index contributed by atoms with van der Waals surface area (Å²) in [6, 6.07) is 12.4. The van der Waals surface area contributed by atoms with Crippen LogP contribution < -0.4 is 15.8 Å². The van der Waals surface area contributed by atoms with E-state index in [2.05, 4.69) is 5.32 Å². The van der Waals surface area contributed by atoms with Crippen molar-refractivity contribution in [3.05, 3.63) is 53.1 Å². The lowest BCUT2D eigenvalue weighted by Crippen LogP contribution is -2.41. The first-order valence-corrected chi connectivity index (χ1v) is 9.15. The van der Waals surface area contributed by atoms with E-state index in [1.54, 1.807) is 11.0 Å². The zero-order valence-electron chi connectivity index (χ0n) is 15.1. The van der Waals surface area contributed by atoms with Gasteiger partial charge in [-0.3, -0.25) is 9.59 Å². The first kappa shape index (κ1) is 19.0. The van der Waals surface area contributed by atoms with Crippen LogP contribution in [-0.2, 0) is 4.79 Å². The highest BCUT2D eigenvalue weighted by Gasteiger charge is 2.29. The predicted molar refractivity (Wildman–Crippen MR) is 106 cm³/mol. The van der Waals surface area contributed by atoms with Gasteiger partial charge in [0.15, 0.2) is 0 Å². The van der Waals surface area contributed by atoms with E-state index in [-0.39, 0.29) is 17.7 Å². The van der Waals surface area contributed by atoms with Gasteiger partial charge in [-0.1, -0.05) is 29.8 Å². The fourth-order valence-electron chi connectivity index (χ4n) is 3.19. The third-order valence-corrected chi connectivity index (χ3v) is 5.07. The number of nitrogens with zero attached hydrogens (tertiary/aromatic N) is 1. The van der Waals surface area contributed by atoms with Crippen LogP contribution in [0.4, 0.5) is 11.4 Å². The van der Waals surface area contributed by atoms with Crippen molar-refractivity contribution in [2.75, 3.05) is 31.2 Å². The molecule has 2 aromatic carbocycles. The van der Waals surface area contributed by atoms with Gasteiger partial charge in [0.05, 0.1) is 23.4 Å². The summed E-state index contributed by atoms with van der Waals surface area (Å²) >= 11 is 6.06. The number of nitrogens with two attached hydrogens (primary N) is 1. The second kappa shape index (κ2) is 8.31. The Hall–Kier alpha value is -2.73. The molecule has 3 N–H and O–H groups in total. The second-order valence-corrected chi connectivity index (χ2v) is 6.90. The number of halogens is 1. The molecule has 7 heteroatoms. The minimum atomic E-state index is -0.171. The standard InChI is InChI=1S/C20H22ClN3O3/c1-27-18-12-17(22)16(21)11-15(18)20(26)24-9-7-13(8-10-24)19(25)23-14-5-3-2-4-6-14/h2-6,11-13H,7-10,22H2,1H3,(H,23,25). The molecule has 0 unspecified atom stereocenters. The minimum Gasteiger partial charge on any atom is -0.496 e. The fraction of sp³-hybridized carbons (Fsp3) is 0.300. The number of ether oxygens (including phenoxy) is 1. The first-order valence-electron chi connectivity index (χ1n) is 8.77. The summed E-state index contributed by atoms with van der Waals surface area (Å²) < 4.78 is 5.27. The Kier molecular flexibility index (Phi) is 5.86. The van der Waals surface area contributed by atoms with Gasteiger partial charge < -0.3 is 20.7 Å². The van der Waals surface area contributed by atoms with Crippen molar-refractivity contribution in [3.8, 4) is 5.75 Å². The number of para-hydroxylation sites is 1. The summed E-state index contributed by atoms with van der Waals surface area (Å²) in [5, 5.41) is 3.24. The molecular weight excluding hydrogens is 366 g/mol. The van der Waals surface area contributed by atoms with Crippen LogP contribution in [0.15, 0.2) is 42.5 Å². The maximum atomic E-state index is 12.9. The van der Waals surface area contributed by atoms with Gasteiger partial charge in [0, 0.05) is 30.8 Å². The van der Waals surface area contributed by atoms with Crippen molar-refractivity contribution < 1.29 is 14.3 Å². The Bertz CT molecular complexity index is 834. The number of hydrogen-bond acceptors (Lipinski definition) is 4. The van der Waals surface area contributed by atoms with Crippen molar-refractivity contribution in [1.82, 2.24) is 4.90 Å². The lowest BCUT2D eigenvalue weighted by Gasteiger charge is -2.31. The van der Waals surface area contributed by atoms with Gasteiger partial charge >= 0.3 is 0 Å². The molecule has 0 aromatic heterocycles. The van der Waals surface area contributed by atoms with Crippen LogP contribution in [0.2, 0.25) is 5.02 Å². The van der Waals surface area contributed by atoms with Gasteiger partial charge in [-0.15, -0.1) is 0 Å². The molecule has 2 amide bonds. The van der Waals surface area contributed by atoms with E-state index in [4.69, 9.17) is 22.1 Å².